The molecule has 54 valence electrons. The Morgan fingerprint density at radius 2 is 2.60 bits per heavy atom. The van der Waals surface area contributed by atoms with Crippen LogP contribution in [0.1, 0.15) is 5.69 Å². The van der Waals surface area contributed by atoms with E-state index in [9.17, 15) is 4.79 Å². The molecule has 1 aromatic heterocycles. The molecular weight excluding hydrogens is 202 g/mol. The molecule has 0 aliphatic carbocycles. The summed E-state index contributed by atoms with van der Waals surface area (Å²) in [6.45, 7) is 0. The Hall–Kier alpha value is -0.840. The number of carboxylic acids is 1. The highest BCUT2D eigenvalue weighted by Gasteiger charge is 2.04. The SMILES string of the molecule is O=C(O)Cc1coc(Br)n1. The van der Waals surface area contributed by atoms with Gasteiger partial charge in [-0.1, -0.05) is 0 Å². The molecule has 0 saturated heterocycles. The Bertz CT molecular complexity index is 245. The van der Waals surface area contributed by atoms with E-state index in [1.165, 1.54) is 6.26 Å². The number of hydrogen-bond acceptors (Lipinski definition) is 3. The van der Waals surface area contributed by atoms with Gasteiger partial charge in [-0.3, -0.25) is 4.79 Å². The molecule has 0 spiro atoms. The zero-order valence-corrected chi connectivity index (χ0v) is 6.46. The number of hydrogen-bond donors (Lipinski definition) is 1. The highest BCUT2D eigenvalue weighted by molar-refractivity contribution is 9.10. The van der Waals surface area contributed by atoms with Crippen molar-refractivity contribution in [2.45, 2.75) is 6.42 Å². The van der Waals surface area contributed by atoms with Crippen molar-refractivity contribution >= 4 is 21.9 Å². The minimum absolute atomic E-state index is 0.102. The van der Waals surface area contributed by atoms with Crippen molar-refractivity contribution in [1.29, 1.82) is 0 Å². The van der Waals surface area contributed by atoms with E-state index in [1.807, 2.05) is 0 Å². The number of nitrogens with zero attached hydrogens (tertiary/aromatic N) is 1. The van der Waals surface area contributed by atoms with E-state index < -0.39 is 5.97 Å². The van der Waals surface area contributed by atoms with Crippen LogP contribution in [0.3, 0.4) is 0 Å². The first kappa shape index (κ1) is 7.27. The lowest BCUT2D eigenvalue weighted by Crippen LogP contribution is -1.99. The number of halogens is 1. The summed E-state index contributed by atoms with van der Waals surface area (Å²) in [5.74, 6) is -0.916. The van der Waals surface area contributed by atoms with Gasteiger partial charge in [0.05, 0.1) is 12.1 Å². The molecule has 0 unspecified atom stereocenters. The first-order chi connectivity index (χ1) is 4.68. The average molecular weight is 206 g/mol. The second-order valence-electron chi connectivity index (χ2n) is 1.66. The Labute approximate surface area is 65.0 Å². The first-order valence-electron chi connectivity index (χ1n) is 2.50. The van der Waals surface area contributed by atoms with Gasteiger partial charge in [-0.25, -0.2) is 4.98 Å². The summed E-state index contributed by atoms with van der Waals surface area (Å²) in [5, 5.41) is 8.28. The highest BCUT2D eigenvalue weighted by atomic mass is 79.9. The van der Waals surface area contributed by atoms with E-state index in [0.717, 1.165) is 0 Å². The number of aliphatic carboxylic acids is 1. The van der Waals surface area contributed by atoms with Gasteiger partial charge in [0.2, 0.25) is 0 Å². The summed E-state index contributed by atoms with van der Waals surface area (Å²) in [4.78, 5) is 14.1. The minimum Gasteiger partial charge on any atom is -0.481 e. The lowest BCUT2D eigenvalue weighted by atomic mass is 10.3. The predicted octanol–water partition coefficient (Wildman–Crippen LogP) is 1.06. The fourth-order valence-electron chi connectivity index (χ4n) is 0.518. The third kappa shape index (κ3) is 1.84. The number of rotatable bonds is 2. The number of carbonyl (C=O) groups is 1. The summed E-state index contributed by atoms with van der Waals surface area (Å²) >= 11 is 2.95. The molecular formula is C5H4BrNO3. The van der Waals surface area contributed by atoms with Gasteiger partial charge < -0.3 is 9.52 Å². The number of oxazole rings is 1. The summed E-state index contributed by atoms with van der Waals surface area (Å²) in [7, 11) is 0. The lowest BCUT2D eigenvalue weighted by Gasteiger charge is -1.83. The Morgan fingerprint density at radius 3 is 3.00 bits per heavy atom. The van der Waals surface area contributed by atoms with Crippen LogP contribution < -0.4 is 0 Å². The Morgan fingerprint density at radius 1 is 1.90 bits per heavy atom. The van der Waals surface area contributed by atoms with Crippen molar-refractivity contribution in [3.8, 4) is 0 Å². The van der Waals surface area contributed by atoms with Crippen molar-refractivity contribution < 1.29 is 14.3 Å². The van der Waals surface area contributed by atoms with Gasteiger partial charge in [0.1, 0.15) is 6.26 Å². The van der Waals surface area contributed by atoms with Crippen molar-refractivity contribution in [3.63, 3.8) is 0 Å². The summed E-state index contributed by atoms with van der Waals surface area (Å²) < 4.78 is 4.71. The van der Waals surface area contributed by atoms with Crippen LogP contribution in [0, 0.1) is 0 Å². The standard InChI is InChI=1S/C5H4BrNO3/c6-5-7-3(2-10-5)1-4(8)9/h2H,1H2,(H,8,9). The van der Waals surface area contributed by atoms with Gasteiger partial charge in [0, 0.05) is 15.9 Å². The molecule has 1 N–H and O–H groups in total. The van der Waals surface area contributed by atoms with Crippen molar-refractivity contribution in [1.82, 2.24) is 4.98 Å². The van der Waals surface area contributed by atoms with Crippen LogP contribution in [0.2, 0.25) is 0 Å². The number of carboxylic acid groups (broad SMARTS) is 1. The van der Waals surface area contributed by atoms with Crippen LogP contribution in [-0.2, 0) is 11.2 Å². The monoisotopic (exact) mass is 205 g/mol. The predicted molar refractivity (Wildman–Crippen MR) is 35.5 cm³/mol. The minimum atomic E-state index is -0.916. The molecule has 0 atom stereocenters. The second kappa shape index (κ2) is 2.83. The second-order valence-corrected chi connectivity index (χ2v) is 2.34. The van der Waals surface area contributed by atoms with E-state index >= 15 is 0 Å². The summed E-state index contributed by atoms with van der Waals surface area (Å²) in [5.41, 5.74) is 0.416. The van der Waals surface area contributed by atoms with Crippen LogP contribution >= 0.6 is 15.9 Å². The maximum Gasteiger partial charge on any atom is 0.309 e. The van der Waals surface area contributed by atoms with E-state index in [4.69, 9.17) is 9.52 Å². The molecule has 0 fully saturated rings. The van der Waals surface area contributed by atoms with Gasteiger partial charge in [-0.05, 0) is 0 Å². The molecule has 10 heavy (non-hydrogen) atoms. The van der Waals surface area contributed by atoms with Gasteiger partial charge >= 0.3 is 5.97 Å². The topological polar surface area (TPSA) is 63.3 Å². The molecule has 1 aromatic rings. The van der Waals surface area contributed by atoms with E-state index in [1.54, 1.807) is 0 Å². The molecule has 1 heterocycles. The zero-order chi connectivity index (χ0) is 7.56. The fraction of sp³-hybridized carbons (Fsp3) is 0.200. The molecule has 0 aliphatic heterocycles. The Balaban J connectivity index is 2.67. The molecule has 0 aliphatic rings. The molecule has 0 saturated carbocycles. The normalized spacial score (nSPS) is 9.70. The first-order valence-corrected chi connectivity index (χ1v) is 3.29. The fourth-order valence-corrected chi connectivity index (χ4v) is 0.840. The molecule has 0 aromatic carbocycles. The van der Waals surface area contributed by atoms with Gasteiger partial charge in [0.15, 0.2) is 0 Å². The van der Waals surface area contributed by atoms with E-state index in [2.05, 4.69) is 20.9 Å². The van der Waals surface area contributed by atoms with Gasteiger partial charge in [0.25, 0.3) is 4.80 Å². The van der Waals surface area contributed by atoms with Crippen LogP contribution in [0.5, 0.6) is 0 Å². The maximum atomic E-state index is 10.1. The molecule has 0 amide bonds. The Kier molecular flexibility index (Phi) is 2.06. The maximum absolute atomic E-state index is 10.1. The lowest BCUT2D eigenvalue weighted by molar-refractivity contribution is -0.136. The smallest absolute Gasteiger partial charge is 0.309 e. The third-order valence-electron chi connectivity index (χ3n) is 0.856. The zero-order valence-electron chi connectivity index (χ0n) is 4.87. The van der Waals surface area contributed by atoms with Crippen molar-refractivity contribution in [3.05, 3.63) is 16.8 Å². The van der Waals surface area contributed by atoms with Crippen LogP contribution in [0.25, 0.3) is 0 Å². The van der Waals surface area contributed by atoms with Crippen LogP contribution in [-0.4, -0.2) is 16.1 Å². The summed E-state index contributed by atoms with van der Waals surface area (Å²) in [6, 6.07) is 0. The van der Waals surface area contributed by atoms with Crippen LogP contribution in [0.4, 0.5) is 0 Å². The molecule has 4 nitrogen and oxygen atoms in total. The van der Waals surface area contributed by atoms with Crippen molar-refractivity contribution in [2.24, 2.45) is 0 Å². The van der Waals surface area contributed by atoms with Crippen molar-refractivity contribution in [2.75, 3.05) is 0 Å². The van der Waals surface area contributed by atoms with E-state index in [0.29, 0.717) is 10.5 Å². The van der Waals surface area contributed by atoms with Crippen LogP contribution in [0.15, 0.2) is 15.5 Å². The third-order valence-corrected chi connectivity index (χ3v) is 1.22. The largest absolute Gasteiger partial charge is 0.481 e. The quantitative estimate of drug-likeness (QED) is 0.785. The van der Waals surface area contributed by atoms with Gasteiger partial charge in [-0.2, -0.15) is 0 Å². The van der Waals surface area contributed by atoms with E-state index in [-0.39, 0.29) is 6.42 Å². The average Bonchev–Trinajstić information content (AvgIpc) is 2.13. The highest BCUT2D eigenvalue weighted by Crippen LogP contribution is 2.08. The number of aromatic nitrogens is 1. The molecule has 0 bridgehead atoms. The molecule has 5 heteroatoms. The molecule has 1 rings (SSSR count). The molecule has 0 radical (unpaired) electrons. The van der Waals surface area contributed by atoms with Gasteiger partial charge in [-0.15, -0.1) is 0 Å². The summed E-state index contributed by atoms with van der Waals surface area (Å²) in [6.07, 6.45) is 1.20.